The second-order valence-electron chi connectivity index (χ2n) is 6.02. The number of thiazole rings is 1. The topological polar surface area (TPSA) is 59.4 Å². The van der Waals surface area contributed by atoms with Crippen molar-refractivity contribution in [1.29, 1.82) is 0 Å². The first-order valence-electron chi connectivity index (χ1n) is 8.37. The Kier molecular flexibility index (Phi) is 5.99. The molecule has 4 nitrogen and oxygen atoms in total. The molecule has 0 fully saturated rings. The Morgan fingerprint density at radius 1 is 1.14 bits per heavy atom. The number of carboxylic acid groups (broad SMARTS) is 1. The largest absolute Gasteiger partial charge is 0.493 e. The lowest BCUT2D eigenvalue weighted by atomic mass is 10.1. The van der Waals surface area contributed by atoms with Crippen LogP contribution >= 0.6 is 11.3 Å². The third kappa shape index (κ3) is 5.32. The molecular weight excluding hydrogens is 391 g/mol. The van der Waals surface area contributed by atoms with E-state index in [1.54, 1.807) is 29.6 Å². The molecule has 0 amide bonds. The SMILES string of the molecule is O=C(O)Cc1cccc(OCCc2nc(-c3ccc(C(F)(F)F)cc3)cs2)c1. The number of benzene rings is 2. The van der Waals surface area contributed by atoms with Crippen LogP contribution in [0.4, 0.5) is 13.2 Å². The number of hydrogen-bond acceptors (Lipinski definition) is 4. The predicted octanol–water partition coefficient (Wildman–Crippen LogP) is 5.08. The van der Waals surface area contributed by atoms with Gasteiger partial charge in [0.15, 0.2) is 0 Å². The molecule has 0 spiro atoms. The highest BCUT2D eigenvalue weighted by molar-refractivity contribution is 7.09. The van der Waals surface area contributed by atoms with Crippen LogP contribution < -0.4 is 4.74 Å². The van der Waals surface area contributed by atoms with Crippen molar-refractivity contribution in [2.75, 3.05) is 6.61 Å². The van der Waals surface area contributed by atoms with Crippen molar-refractivity contribution in [2.24, 2.45) is 0 Å². The van der Waals surface area contributed by atoms with E-state index in [4.69, 9.17) is 9.84 Å². The van der Waals surface area contributed by atoms with Gasteiger partial charge in [-0.25, -0.2) is 4.98 Å². The first kappa shape index (κ1) is 19.9. The summed E-state index contributed by atoms with van der Waals surface area (Å²) in [6, 6.07) is 11.8. The summed E-state index contributed by atoms with van der Waals surface area (Å²) in [7, 11) is 0. The van der Waals surface area contributed by atoms with E-state index in [1.807, 2.05) is 0 Å². The molecule has 0 saturated heterocycles. The Hall–Kier alpha value is -2.87. The highest BCUT2D eigenvalue weighted by Gasteiger charge is 2.30. The summed E-state index contributed by atoms with van der Waals surface area (Å²) in [6.45, 7) is 0.358. The summed E-state index contributed by atoms with van der Waals surface area (Å²) in [6.07, 6.45) is -3.89. The van der Waals surface area contributed by atoms with Crippen molar-refractivity contribution in [2.45, 2.75) is 19.0 Å². The zero-order chi connectivity index (χ0) is 20.1. The van der Waals surface area contributed by atoms with Crippen LogP contribution in [0.3, 0.4) is 0 Å². The van der Waals surface area contributed by atoms with Gasteiger partial charge in [-0.2, -0.15) is 13.2 Å². The molecule has 0 radical (unpaired) electrons. The average molecular weight is 407 g/mol. The maximum absolute atomic E-state index is 12.6. The third-order valence-electron chi connectivity index (χ3n) is 3.90. The first-order chi connectivity index (χ1) is 13.3. The molecule has 0 saturated carbocycles. The van der Waals surface area contributed by atoms with Gasteiger partial charge in [-0.1, -0.05) is 24.3 Å². The number of carboxylic acids is 1. The van der Waals surface area contributed by atoms with Crippen LogP contribution in [-0.4, -0.2) is 22.7 Å². The summed E-state index contributed by atoms with van der Waals surface area (Å²) in [5, 5.41) is 11.4. The molecule has 3 rings (SSSR count). The summed E-state index contributed by atoms with van der Waals surface area (Å²) >= 11 is 1.41. The number of nitrogens with zero attached hydrogens (tertiary/aromatic N) is 1. The second-order valence-corrected chi connectivity index (χ2v) is 6.96. The minimum atomic E-state index is -4.36. The highest BCUT2D eigenvalue weighted by Crippen LogP contribution is 2.31. The van der Waals surface area contributed by atoms with Crippen LogP contribution in [0.1, 0.15) is 16.1 Å². The van der Waals surface area contributed by atoms with Crippen molar-refractivity contribution < 1.29 is 27.8 Å². The van der Waals surface area contributed by atoms with Crippen LogP contribution in [0.15, 0.2) is 53.9 Å². The van der Waals surface area contributed by atoms with Crippen molar-refractivity contribution in [1.82, 2.24) is 4.98 Å². The van der Waals surface area contributed by atoms with Crippen LogP contribution in [-0.2, 0) is 23.8 Å². The molecule has 0 unspecified atom stereocenters. The normalized spacial score (nSPS) is 11.4. The lowest BCUT2D eigenvalue weighted by Crippen LogP contribution is -2.04. The molecule has 28 heavy (non-hydrogen) atoms. The van der Waals surface area contributed by atoms with E-state index in [2.05, 4.69) is 4.98 Å². The lowest BCUT2D eigenvalue weighted by molar-refractivity contribution is -0.138. The number of aromatic nitrogens is 1. The second kappa shape index (κ2) is 8.43. The Morgan fingerprint density at radius 3 is 2.57 bits per heavy atom. The Morgan fingerprint density at radius 2 is 1.89 bits per heavy atom. The number of hydrogen-bond donors (Lipinski definition) is 1. The van der Waals surface area contributed by atoms with E-state index < -0.39 is 17.7 Å². The van der Waals surface area contributed by atoms with Crippen LogP contribution in [0, 0.1) is 0 Å². The van der Waals surface area contributed by atoms with Crippen molar-refractivity contribution in [3.63, 3.8) is 0 Å². The fraction of sp³-hybridized carbons (Fsp3) is 0.200. The van der Waals surface area contributed by atoms with Gasteiger partial charge >= 0.3 is 12.1 Å². The molecule has 1 aromatic heterocycles. The molecule has 0 aliphatic carbocycles. The van der Waals surface area contributed by atoms with Crippen LogP contribution in [0.2, 0.25) is 0 Å². The highest BCUT2D eigenvalue weighted by atomic mass is 32.1. The molecule has 146 valence electrons. The fourth-order valence-electron chi connectivity index (χ4n) is 2.56. The maximum atomic E-state index is 12.6. The maximum Gasteiger partial charge on any atom is 0.416 e. The number of halogens is 3. The number of carbonyl (C=O) groups is 1. The van der Waals surface area contributed by atoms with Gasteiger partial charge in [-0.05, 0) is 29.8 Å². The quantitative estimate of drug-likeness (QED) is 0.594. The Labute approximate surface area is 163 Å². The number of ether oxygens (including phenoxy) is 1. The summed E-state index contributed by atoms with van der Waals surface area (Å²) < 4.78 is 43.6. The van der Waals surface area contributed by atoms with Crippen LogP contribution in [0.25, 0.3) is 11.3 Å². The van der Waals surface area contributed by atoms with Crippen LogP contribution in [0.5, 0.6) is 5.75 Å². The zero-order valence-electron chi connectivity index (χ0n) is 14.6. The molecule has 1 N–H and O–H groups in total. The molecule has 2 aromatic carbocycles. The van der Waals surface area contributed by atoms with E-state index in [-0.39, 0.29) is 6.42 Å². The molecule has 0 aliphatic heterocycles. The van der Waals surface area contributed by atoms with Gasteiger partial charge in [0, 0.05) is 17.4 Å². The van der Waals surface area contributed by atoms with Gasteiger partial charge in [0.25, 0.3) is 0 Å². The molecule has 0 bridgehead atoms. The number of rotatable bonds is 7. The molecular formula is C20H16F3NO3S. The van der Waals surface area contributed by atoms with E-state index in [0.29, 0.717) is 35.6 Å². The molecule has 1 heterocycles. The third-order valence-corrected chi connectivity index (χ3v) is 4.81. The van der Waals surface area contributed by atoms with Crippen molar-refractivity contribution in [3.8, 4) is 17.0 Å². The average Bonchev–Trinajstić information content (AvgIpc) is 3.10. The van der Waals surface area contributed by atoms with E-state index in [0.717, 1.165) is 17.1 Å². The van der Waals surface area contributed by atoms with Gasteiger partial charge in [0.1, 0.15) is 5.75 Å². The fourth-order valence-corrected chi connectivity index (χ4v) is 3.35. The van der Waals surface area contributed by atoms with Crippen molar-refractivity contribution >= 4 is 17.3 Å². The lowest BCUT2D eigenvalue weighted by Gasteiger charge is -2.07. The van der Waals surface area contributed by atoms with Gasteiger partial charge in [0.2, 0.25) is 0 Å². The van der Waals surface area contributed by atoms with E-state index in [9.17, 15) is 18.0 Å². The smallest absolute Gasteiger partial charge is 0.416 e. The molecule has 0 aliphatic rings. The first-order valence-corrected chi connectivity index (χ1v) is 9.25. The van der Waals surface area contributed by atoms with Gasteiger partial charge in [0.05, 0.1) is 29.3 Å². The molecule has 0 atom stereocenters. The summed E-state index contributed by atoms with van der Waals surface area (Å²) in [4.78, 5) is 15.2. The standard InChI is InChI=1S/C20H16F3NO3S/c21-20(22,23)15-6-4-14(5-7-15)17-12-28-18(24-17)8-9-27-16-3-1-2-13(10-16)11-19(25)26/h1-7,10,12H,8-9,11H2,(H,25,26). The number of alkyl halides is 3. The number of aliphatic carboxylic acids is 1. The Bertz CT molecular complexity index is 952. The summed E-state index contributed by atoms with van der Waals surface area (Å²) in [5.74, 6) is -0.325. The van der Waals surface area contributed by atoms with Crippen molar-refractivity contribution in [3.05, 3.63) is 70.0 Å². The molecule has 3 aromatic rings. The molecule has 8 heteroatoms. The summed E-state index contributed by atoms with van der Waals surface area (Å²) in [5.41, 5.74) is 1.21. The minimum absolute atomic E-state index is 0.0693. The van der Waals surface area contributed by atoms with Gasteiger partial charge in [-0.15, -0.1) is 11.3 Å². The Balaban J connectivity index is 1.57. The van der Waals surface area contributed by atoms with E-state index >= 15 is 0 Å². The predicted molar refractivity (Wildman–Crippen MR) is 99.5 cm³/mol. The monoisotopic (exact) mass is 407 g/mol. The minimum Gasteiger partial charge on any atom is -0.493 e. The van der Waals surface area contributed by atoms with E-state index in [1.165, 1.54) is 23.5 Å². The van der Waals surface area contributed by atoms with Gasteiger partial charge in [-0.3, -0.25) is 4.79 Å². The van der Waals surface area contributed by atoms with Gasteiger partial charge < -0.3 is 9.84 Å². The zero-order valence-corrected chi connectivity index (χ0v) is 15.4.